The molecule has 1 aromatic carbocycles. The first-order valence-electron chi connectivity index (χ1n) is 4.00. The van der Waals surface area contributed by atoms with E-state index in [-0.39, 0.29) is 6.01 Å². The van der Waals surface area contributed by atoms with Gasteiger partial charge in [0.2, 0.25) is 0 Å². The van der Waals surface area contributed by atoms with Crippen molar-refractivity contribution in [2.24, 2.45) is 0 Å². The number of hydrogen-bond acceptors (Lipinski definition) is 3. The van der Waals surface area contributed by atoms with Gasteiger partial charge in [0.1, 0.15) is 5.52 Å². The van der Waals surface area contributed by atoms with E-state index in [0.717, 1.165) is 5.56 Å². The standard InChI is InChI=1S/C10H7ClN2O/c11-5-1-2-7-3-4-9-8(6-7)13-10(12)14-9/h3-4,6H,5H2,(H2,12,13). The minimum atomic E-state index is 0.169. The molecule has 0 fully saturated rings. The van der Waals surface area contributed by atoms with Gasteiger partial charge in [-0.2, -0.15) is 4.98 Å². The molecule has 0 spiro atoms. The average Bonchev–Trinajstić information content (AvgIpc) is 2.54. The predicted molar refractivity (Wildman–Crippen MR) is 56.0 cm³/mol. The van der Waals surface area contributed by atoms with E-state index in [4.69, 9.17) is 21.8 Å². The number of aromatic nitrogens is 1. The average molecular weight is 207 g/mol. The lowest BCUT2D eigenvalue weighted by molar-refractivity contribution is 0.626. The second kappa shape index (κ2) is 3.60. The smallest absolute Gasteiger partial charge is 0.292 e. The van der Waals surface area contributed by atoms with Gasteiger partial charge in [-0.15, -0.1) is 11.6 Å². The summed E-state index contributed by atoms with van der Waals surface area (Å²) in [4.78, 5) is 3.99. The molecule has 0 amide bonds. The first-order chi connectivity index (χ1) is 6.79. The van der Waals surface area contributed by atoms with Gasteiger partial charge in [-0.05, 0) is 18.2 Å². The maximum atomic E-state index is 5.45. The number of nitrogens with two attached hydrogens (primary N) is 1. The molecule has 0 aliphatic heterocycles. The third-order valence-corrected chi connectivity index (χ3v) is 1.84. The largest absolute Gasteiger partial charge is 0.424 e. The molecule has 0 saturated carbocycles. The monoisotopic (exact) mass is 206 g/mol. The third-order valence-electron chi connectivity index (χ3n) is 1.70. The van der Waals surface area contributed by atoms with Crippen LogP contribution in [0.15, 0.2) is 22.6 Å². The SMILES string of the molecule is Nc1nc2cc(C#CCCl)ccc2o1. The second-order valence-corrected chi connectivity index (χ2v) is 2.94. The van der Waals surface area contributed by atoms with Crippen LogP contribution < -0.4 is 5.73 Å². The minimum Gasteiger partial charge on any atom is -0.424 e. The zero-order valence-corrected chi connectivity index (χ0v) is 8.01. The molecule has 2 rings (SSSR count). The Morgan fingerprint density at radius 2 is 2.36 bits per heavy atom. The molecule has 2 aromatic rings. The fraction of sp³-hybridized carbons (Fsp3) is 0.100. The summed E-state index contributed by atoms with van der Waals surface area (Å²) >= 11 is 5.45. The highest BCUT2D eigenvalue weighted by atomic mass is 35.5. The molecule has 0 bridgehead atoms. The number of nitrogens with zero attached hydrogens (tertiary/aromatic N) is 1. The highest BCUT2D eigenvalue weighted by Crippen LogP contribution is 2.17. The van der Waals surface area contributed by atoms with Crippen molar-refractivity contribution in [3.8, 4) is 11.8 Å². The molecular formula is C10H7ClN2O. The molecule has 0 radical (unpaired) electrons. The summed E-state index contributed by atoms with van der Waals surface area (Å²) in [6.07, 6.45) is 0. The van der Waals surface area contributed by atoms with Crippen molar-refractivity contribution in [3.05, 3.63) is 23.8 Å². The molecule has 0 atom stereocenters. The first kappa shape index (κ1) is 8.92. The van der Waals surface area contributed by atoms with Gasteiger partial charge in [0.25, 0.3) is 6.01 Å². The number of rotatable bonds is 0. The predicted octanol–water partition coefficient (Wildman–Crippen LogP) is 2.00. The van der Waals surface area contributed by atoms with E-state index in [1.54, 1.807) is 6.07 Å². The molecule has 14 heavy (non-hydrogen) atoms. The van der Waals surface area contributed by atoms with Crippen LogP contribution >= 0.6 is 11.6 Å². The number of benzene rings is 1. The Morgan fingerprint density at radius 3 is 3.14 bits per heavy atom. The summed E-state index contributed by atoms with van der Waals surface area (Å²) in [6, 6.07) is 5.61. The molecule has 1 heterocycles. The maximum absolute atomic E-state index is 5.45. The number of anilines is 1. The van der Waals surface area contributed by atoms with Crippen LogP contribution in [0.25, 0.3) is 11.1 Å². The number of halogens is 1. The molecule has 0 saturated heterocycles. The van der Waals surface area contributed by atoms with Crippen molar-refractivity contribution in [1.29, 1.82) is 0 Å². The topological polar surface area (TPSA) is 52.0 Å². The molecule has 1 aromatic heterocycles. The van der Waals surface area contributed by atoms with E-state index >= 15 is 0 Å². The summed E-state index contributed by atoms with van der Waals surface area (Å²) in [7, 11) is 0. The number of alkyl halides is 1. The zero-order chi connectivity index (χ0) is 9.97. The lowest BCUT2D eigenvalue weighted by Crippen LogP contribution is -1.80. The van der Waals surface area contributed by atoms with E-state index in [1.165, 1.54) is 0 Å². The van der Waals surface area contributed by atoms with Crippen LogP contribution in [0.4, 0.5) is 6.01 Å². The second-order valence-electron chi connectivity index (χ2n) is 2.67. The summed E-state index contributed by atoms with van der Waals surface area (Å²) in [5, 5.41) is 0. The summed E-state index contributed by atoms with van der Waals surface area (Å²) in [5.41, 5.74) is 7.64. The Hall–Kier alpha value is -1.66. The highest BCUT2D eigenvalue weighted by molar-refractivity contribution is 6.19. The summed E-state index contributed by atoms with van der Waals surface area (Å²) < 4.78 is 5.12. The van der Waals surface area contributed by atoms with Crippen molar-refractivity contribution in [3.63, 3.8) is 0 Å². The van der Waals surface area contributed by atoms with Gasteiger partial charge in [0.15, 0.2) is 5.58 Å². The Kier molecular flexibility index (Phi) is 2.30. The van der Waals surface area contributed by atoms with Crippen LogP contribution in [-0.4, -0.2) is 10.9 Å². The van der Waals surface area contributed by atoms with Gasteiger partial charge < -0.3 is 10.2 Å². The lowest BCUT2D eigenvalue weighted by atomic mass is 10.2. The Morgan fingerprint density at radius 1 is 1.50 bits per heavy atom. The van der Waals surface area contributed by atoms with Crippen molar-refractivity contribution in [2.45, 2.75) is 0 Å². The van der Waals surface area contributed by atoms with Gasteiger partial charge >= 0.3 is 0 Å². The third kappa shape index (κ3) is 1.66. The van der Waals surface area contributed by atoms with E-state index in [9.17, 15) is 0 Å². The van der Waals surface area contributed by atoms with Gasteiger partial charge in [0, 0.05) is 5.56 Å². The van der Waals surface area contributed by atoms with E-state index in [0.29, 0.717) is 17.0 Å². The number of nitrogen functional groups attached to an aromatic ring is 1. The molecule has 70 valence electrons. The van der Waals surface area contributed by atoms with Crippen LogP contribution in [0.2, 0.25) is 0 Å². The first-order valence-corrected chi connectivity index (χ1v) is 4.54. The Labute approximate surface area is 85.9 Å². The van der Waals surface area contributed by atoms with E-state index in [2.05, 4.69) is 16.8 Å². The number of oxazole rings is 1. The zero-order valence-electron chi connectivity index (χ0n) is 7.25. The highest BCUT2D eigenvalue weighted by Gasteiger charge is 2.01. The van der Waals surface area contributed by atoms with E-state index in [1.807, 2.05) is 12.1 Å². The molecule has 0 aliphatic rings. The Bertz CT molecular complexity index is 522. The van der Waals surface area contributed by atoms with Crippen LogP contribution in [0, 0.1) is 11.8 Å². The molecule has 4 heteroatoms. The quantitative estimate of drug-likeness (QED) is 0.530. The van der Waals surface area contributed by atoms with Gasteiger partial charge in [-0.1, -0.05) is 11.8 Å². The molecule has 3 nitrogen and oxygen atoms in total. The summed E-state index contributed by atoms with van der Waals surface area (Å²) in [6.45, 7) is 0. The number of hydrogen-bond donors (Lipinski definition) is 1. The normalized spacial score (nSPS) is 9.79. The van der Waals surface area contributed by atoms with Crippen LogP contribution in [0.1, 0.15) is 5.56 Å². The van der Waals surface area contributed by atoms with Crippen LogP contribution in [-0.2, 0) is 0 Å². The molecular weight excluding hydrogens is 200 g/mol. The fourth-order valence-electron chi connectivity index (χ4n) is 1.16. The Balaban J connectivity index is 2.50. The van der Waals surface area contributed by atoms with Crippen molar-refractivity contribution < 1.29 is 4.42 Å². The van der Waals surface area contributed by atoms with Crippen LogP contribution in [0.3, 0.4) is 0 Å². The van der Waals surface area contributed by atoms with Gasteiger partial charge in [-0.25, -0.2) is 0 Å². The molecule has 0 aliphatic carbocycles. The fourth-order valence-corrected chi connectivity index (χ4v) is 1.23. The van der Waals surface area contributed by atoms with Gasteiger partial charge in [-0.3, -0.25) is 0 Å². The van der Waals surface area contributed by atoms with Crippen molar-refractivity contribution in [2.75, 3.05) is 11.6 Å². The van der Waals surface area contributed by atoms with Gasteiger partial charge in [0.05, 0.1) is 5.88 Å². The molecule has 0 unspecified atom stereocenters. The van der Waals surface area contributed by atoms with Crippen molar-refractivity contribution in [1.82, 2.24) is 4.98 Å². The molecule has 2 N–H and O–H groups in total. The maximum Gasteiger partial charge on any atom is 0.292 e. The van der Waals surface area contributed by atoms with Crippen LogP contribution in [0.5, 0.6) is 0 Å². The number of fused-ring (bicyclic) bond motifs is 1. The summed E-state index contributed by atoms with van der Waals surface area (Å²) in [5.74, 6) is 5.97. The lowest BCUT2D eigenvalue weighted by Gasteiger charge is -1.88. The van der Waals surface area contributed by atoms with Crippen molar-refractivity contribution >= 4 is 28.7 Å². The van der Waals surface area contributed by atoms with E-state index < -0.39 is 0 Å². The minimum absolute atomic E-state index is 0.169.